The molecule has 0 bridgehead atoms. The fourth-order valence-corrected chi connectivity index (χ4v) is 3.26. The fraction of sp³-hybridized carbons (Fsp3) is 0.350. The summed E-state index contributed by atoms with van der Waals surface area (Å²) < 4.78 is 0. The largest absolute Gasteiger partial charge is 0.385 e. The number of carbonyl (C=O) groups excluding carboxylic acids is 1. The van der Waals surface area contributed by atoms with Crippen LogP contribution in [0.5, 0.6) is 0 Å². The van der Waals surface area contributed by atoms with Crippen LogP contribution in [0.2, 0.25) is 0 Å². The Bertz CT molecular complexity index is 688. The highest BCUT2D eigenvalue weighted by Gasteiger charge is 2.19. The lowest BCUT2D eigenvalue weighted by molar-refractivity contribution is -0.131. The molecule has 0 spiro atoms. The van der Waals surface area contributed by atoms with Crippen molar-refractivity contribution in [3.05, 3.63) is 64.7 Å². The number of anilines is 1. The zero-order chi connectivity index (χ0) is 16.2. The van der Waals surface area contributed by atoms with Gasteiger partial charge in [-0.25, -0.2) is 0 Å². The van der Waals surface area contributed by atoms with Gasteiger partial charge >= 0.3 is 0 Å². The van der Waals surface area contributed by atoms with E-state index in [1.54, 1.807) is 0 Å². The van der Waals surface area contributed by atoms with E-state index >= 15 is 0 Å². The Balaban J connectivity index is 1.52. The number of benzene rings is 2. The van der Waals surface area contributed by atoms with Crippen molar-refractivity contribution in [2.24, 2.45) is 0 Å². The first kappa shape index (κ1) is 15.6. The molecule has 0 radical (unpaired) electrons. The van der Waals surface area contributed by atoms with E-state index in [2.05, 4.69) is 61.6 Å². The van der Waals surface area contributed by atoms with Gasteiger partial charge in [0.25, 0.3) is 0 Å². The van der Waals surface area contributed by atoms with Crippen molar-refractivity contribution in [2.45, 2.75) is 33.2 Å². The minimum absolute atomic E-state index is 0.233. The monoisotopic (exact) mass is 308 g/mol. The zero-order valence-electron chi connectivity index (χ0n) is 13.9. The van der Waals surface area contributed by atoms with Gasteiger partial charge in [-0.3, -0.25) is 4.79 Å². The van der Waals surface area contributed by atoms with Crippen LogP contribution in [0, 0.1) is 13.8 Å². The first-order chi connectivity index (χ1) is 11.1. The van der Waals surface area contributed by atoms with Gasteiger partial charge in [0.2, 0.25) is 5.91 Å². The molecule has 23 heavy (non-hydrogen) atoms. The van der Waals surface area contributed by atoms with E-state index in [9.17, 15) is 4.79 Å². The van der Waals surface area contributed by atoms with Crippen LogP contribution < -0.4 is 5.32 Å². The Labute approximate surface area is 138 Å². The SMILES string of the molecule is Cc1cc(C)cc(NCCC(=O)N2CCc3ccccc3C2)c1. The van der Waals surface area contributed by atoms with Crippen molar-refractivity contribution in [2.75, 3.05) is 18.4 Å². The van der Waals surface area contributed by atoms with Crippen LogP contribution in [0.4, 0.5) is 5.69 Å². The van der Waals surface area contributed by atoms with Crippen LogP contribution in [0.3, 0.4) is 0 Å². The number of nitrogens with one attached hydrogen (secondary N) is 1. The first-order valence-corrected chi connectivity index (χ1v) is 8.28. The molecule has 3 nitrogen and oxygen atoms in total. The van der Waals surface area contributed by atoms with Gasteiger partial charge in [0.15, 0.2) is 0 Å². The number of hydrogen-bond donors (Lipinski definition) is 1. The Morgan fingerprint density at radius 1 is 1.09 bits per heavy atom. The van der Waals surface area contributed by atoms with Crippen molar-refractivity contribution in [3.8, 4) is 0 Å². The van der Waals surface area contributed by atoms with Crippen LogP contribution in [0.1, 0.15) is 28.7 Å². The Hall–Kier alpha value is -2.29. The average Bonchev–Trinajstić information content (AvgIpc) is 2.53. The topological polar surface area (TPSA) is 32.3 Å². The van der Waals surface area contributed by atoms with E-state index in [1.165, 1.54) is 22.3 Å². The van der Waals surface area contributed by atoms with Crippen molar-refractivity contribution < 1.29 is 4.79 Å². The third kappa shape index (κ3) is 3.92. The number of aryl methyl sites for hydroxylation is 2. The standard InChI is InChI=1S/C20H24N2O/c1-15-11-16(2)13-19(12-15)21-9-7-20(23)22-10-8-17-5-3-4-6-18(17)14-22/h3-6,11-13,21H,7-10,14H2,1-2H3. The van der Waals surface area contributed by atoms with E-state index in [4.69, 9.17) is 0 Å². The van der Waals surface area contributed by atoms with Crippen LogP contribution in [0.15, 0.2) is 42.5 Å². The molecule has 0 atom stereocenters. The summed E-state index contributed by atoms with van der Waals surface area (Å²) in [5.41, 5.74) is 6.25. The summed E-state index contributed by atoms with van der Waals surface area (Å²) in [4.78, 5) is 14.4. The molecular formula is C20H24N2O. The highest BCUT2D eigenvalue weighted by atomic mass is 16.2. The quantitative estimate of drug-likeness (QED) is 0.934. The zero-order valence-corrected chi connectivity index (χ0v) is 13.9. The highest BCUT2D eigenvalue weighted by Crippen LogP contribution is 2.19. The summed E-state index contributed by atoms with van der Waals surface area (Å²) >= 11 is 0. The van der Waals surface area contributed by atoms with Gasteiger partial charge in [-0.05, 0) is 54.7 Å². The van der Waals surface area contributed by atoms with Crippen LogP contribution in [0.25, 0.3) is 0 Å². The summed E-state index contributed by atoms with van der Waals surface area (Å²) in [5.74, 6) is 0.233. The molecule has 1 amide bonds. The minimum Gasteiger partial charge on any atom is -0.385 e. The van der Waals surface area contributed by atoms with E-state index in [0.29, 0.717) is 13.0 Å². The van der Waals surface area contributed by atoms with Gasteiger partial charge in [-0.2, -0.15) is 0 Å². The maximum absolute atomic E-state index is 12.4. The van der Waals surface area contributed by atoms with Crippen molar-refractivity contribution in [3.63, 3.8) is 0 Å². The molecule has 0 saturated heterocycles. The van der Waals surface area contributed by atoms with Gasteiger partial charge < -0.3 is 10.2 Å². The Morgan fingerprint density at radius 2 is 1.78 bits per heavy atom. The molecule has 3 heteroatoms. The lowest BCUT2D eigenvalue weighted by atomic mass is 10.00. The molecular weight excluding hydrogens is 284 g/mol. The predicted octanol–water partition coefficient (Wildman–Crippen LogP) is 3.69. The summed E-state index contributed by atoms with van der Waals surface area (Å²) in [6, 6.07) is 14.8. The third-order valence-corrected chi connectivity index (χ3v) is 4.37. The van der Waals surface area contributed by atoms with Crippen molar-refractivity contribution >= 4 is 11.6 Å². The van der Waals surface area contributed by atoms with Crippen molar-refractivity contribution in [1.82, 2.24) is 4.90 Å². The fourth-order valence-electron chi connectivity index (χ4n) is 3.26. The highest BCUT2D eigenvalue weighted by molar-refractivity contribution is 5.77. The summed E-state index contributed by atoms with van der Waals surface area (Å²) in [6.45, 7) is 6.45. The molecule has 120 valence electrons. The molecule has 1 aliphatic rings. The van der Waals surface area contributed by atoms with Gasteiger partial charge in [0.1, 0.15) is 0 Å². The summed E-state index contributed by atoms with van der Waals surface area (Å²) in [6.07, 6.45) is 1.50. The van der Waals surface area contributed by atoms with E-state index in [-0.39, 0.29) is 5.91 Å². The maximum atomic E-state index is 12.4. The second-order valence-electron chi connectivity index (χ2n) is 6.39. The summed E-state index contributed by atoms with van der Waals surface area (Å²) in [7, 11) is 0. The minimum atomic E-state index is 0.233. The number of fused-ring (bicyclic) bond motifs is 1. The first-order valence-electron chi connectivity index (χ1n) is 8.28. The molecule has 1 heterocycles. The number of hydrogen-bond acceptors (Lipinski definition) is 2. The Kier molecular flexibility index (Phi) is 4.65. The number of rotatable bonds is 4. The summed E-state index contributed by atoms with van der Waals surface area (Å²) in [5, 5.41) is 3.37. The molecule has 2 aromatic rings. The molecule has 1 N–H and O–H groups in total. The number of amides is 1. The second-order valence-corrected chi connectivity index (χ2v) is 6.39. The van der Waals surface area contributed by atoms with Crippen LogP contribution >= 0.6 is 0 Å². The van der Waals surface area contributed by atoms with Gasteiger partial charge in [-0.1, -0.05) is 30.3 Å². The van der Waals surface area contributed by atoms with Crippen LogP contribution in [-0.4, -0.2) is 23.9 Å². The van der Waals surface area contributed by atoms with Gasteiger partial charge in [0, 0.05) is 31.7 Å². The molecule has 0 unspecified atom stereocenters. The second kappa shape index (κ2) is 6.86. The number of nitrogens with zero attached hydrogens (tertiary/aromatic N) is 1. The van der Waals surface area contributed by atoms with Crippen molar-refractivity contribution in [1.29, 1.82) is 0 Å². The molecule has 2 aromatic carbocycles. The molecule has 0 fully saturated rings. The molecule has 0 saturated carbocycles. The Morgan fingerprint density at radius 3 is 2.52 bits per heavy atom. The molecule has 0 aromatic heterocycles. The van der Waals surface area contributed by atoms with E-state index in [0.717, 1.165) is 25.2 Å². The van der Waals surface area contributed by atoms with E-state index < -0.39 is 0 Å². The third-order valence-electron chi connectivity index (χ3n) is 4.37. The normalized spacial score (nSPS) is 13.6. The van der Waals surface area contributed by atoms with Crippen LogP contribution in [-0.2, 0) is 17.8 Å². The average molecular weight is 308 g/mol. The molecule has 1 aliphatic heterocycles. The molecule has 3 rings (SSSR count). The van der Waals surface area contributed by atoms with Gasteiger partial charge in [0.05, 0.1) is 0 Å². The predicted molar refractivity (Wildman–Crippen MR) is 94.6 cm³/mol. The lowest BCUT2D eigenvalue weighted by Crippen LogP contribution is -2.36. The molecule has 0 aliphatic carbocycles. The van der Waals surface area contributed by atoms with E-state index in [1.807, 2.05) is 4.90 Å². The maximum Gasteiger partial charge on any atom is 0.224 e. The van der Waals surface area contributed by atoms with Gasteiger partial charge in [-0.15, -0.1) is 0 Å². The lowest BCUT2D eigenvalue weighted by Gasteiger charge is -2.29. The smallest absolute Gasteiger partial charge is 0.224 e. The number of carbonyl (C=O) groups is 1.